The van der Waals surface area contributed by atoms with Crippen molar-refractivity contribution >= 4 is 34.6 Å². The van der Waals surface area contributed by atoms with Crippen molar-refractivity contribution in [1.29, 1.82) is 0 Å². The summed E-state index contributed by atoms with van der Waals surface area (Å²) in [4.78, 5) is 41.5. The van der Waals surface area contributed by atoms with Gasteiger partial charge in [-0.3, -0.25) is 14.4 Å². The van der Waals surface area contributed by atoms with E-state index in [9.17, 15) is 14.4 Å². The standard InChI is InChI=1S/C27H16N2O3/c1-13-10-11-19-18(12-13)27(26(32)28-19)20-22(14-6-2-4-8-16(14)24(20)30)29-23-15-7-3-5-9-17(15)25(31)21(23)27/h2-12,29H,1H3,(H,28,32). The molecule has 2 heterocycles. The van der Waals surface area contributed by atoms with Crippen LogP contribution in [0.1, 0.15) is 43.0 Å². The fraction of sp³-hybridized carbons (Fsp3) is 0.0741. The number of carbonyl (C=O) groups is 3. The Labute approximate surface area is 183 Å². The molecule has 1 amide bonds. The topological polar surface area (TPSA) is 75.3 Å². The lowest BCUT2D eigenvalue weighted by Crippen LogP contribution is -2.46. The minimum Gasteiger partial charge on any atom is -0.354 e. The maximum absolute atomic E-state index is 13.9. The third kappa shape index (κ3) is 1.76. The molecule has 0 unspecified atom stereocenters. The summed E-state index contributed by atoms with van der Waals surface area (Å²) in [6.07, 6.45) is 0. The molecule has 1 spiro atoms. The minimum atomic E-state index is -1.50. The average molecular weight is 416 g/mol. The highest BCUT2D eigenvalue weighted by Gasteiger charge is 2.63. The Morgan fingerprint density at radius 2 is 1.19 bits per heavy atom. The molecule has 32 heavy (non-hydrogen) atoms. The molecule has 152 valence electrons. The molecule has 3 aromatic carbocycles. The van der Waals surface area contributed by atoms with Gasteiger partial charge < -0.3 is 10.6 Å². The zero-order chi connectivity index (χ0) is 21.8. The zero-order valence-corrected chi connectivity index (χ0v) is 17.1. The van der Waals surface area contributed by atoms with Gasteiger partial charge in [-0.25, -0.2) is 0 Å². The second-order valence-electron chi connectivity index (χ2n) is 8.63. The molecule has 5 heteroatoms. The summed E-state index contributed by atoms with van der Waals surface area (Å²) >= 11 is 0. The normalized spacial score (nSPS) is 18.8. The number of benzene rings is 3. The summed E-state index contributed by atoms with van der Waals surface area (Å²) in [5.74, 6) is -0.798. The van der Waals surface area contributed by atoms with Gasteiger partial charge in [0.2, 0.25) is 5.91 Å². The molecule has 0 saturated carbocycles. The number of anilines is 1. The van der Waals surface area contributed by atoms with Crippen LogP contribution < -0.4 is 10.6 Å². The van der Waals surface area contributed by atoms with Gasteiger partial charge in [0.25, 0.3) is 0 Å². The lowest BCUT2D eigenvalue weighted by Gasteiger charge is -2.35. The highest BCUT2D eigenvalue weighted by atomic mass is 16.2. The molecule has 0 fully saturated rings. The predicted molar refractivity (Wildman–Crippen MR) is 120 cm³/mol. The van der Waals surface area contributed by atoms with E-state index in [0.717, 1.165) is 16.7 Å². The third-order valence-corrected chi connectivity index (χ3v) is 7.00. The van der Waals surface area contributed by atoms with Crippen molar-refractivity contribution < 1.29 is 14.4 Å². The zero-order valence-electron chi connectivity index (χ0n) is 17.1. The molecule has 0 atom stereocenters. The van der Waals surface area contributed by atoms with E-state index in [1.54, 1.807) is 12.1 Å². The molecule has 5 nitrogen and oxygen atoms in total. The summed E-state index contributed by atoms with van der Waals surface area (Å²) < 4.78 is 0. The quantitative estimate of drug-likeness (QED) is 0.581. The van der Waals surface area contributed by atoms with Crippen LogP contribution >= 0.6 is 0 Å². The van der Waals surface area contributed by atoms with Gasteiger partial charge in [0, 0.05) is 44.7 Å². The maximum atomic E-state index is 13.9. The van der Waals surface area contributed by atoms with Crippen molar-refractivity contribution in [3.8, 4) is 0 Å². The molecule has 2 aliphatic carbocycles. The fourth-order valence-corrected chi connectivity index (χ4v) is 5.70. The number of carbonyl (C=O) groups excluding carboxylic acids is 3. The van der Waals surface area contributed by atoms with Crippen molar-refractivity contribution in [3.63, 3.8) is 0 Å². The van der Waals surface area contributed by atoms with E-state index in [1.807, 2.05) is 61.5 Å². The summed E-state index contributed by atoms with van der Waals surface area (Å²) in [6.45, 7) is 1.94. The highest BCUT2D eigenvalue weighted by molar-refractivity contribution is 6.37. The number of ketones is 2. The summed E-state index contributed by atoms with van der Waals surface area (Å²) in [6, 6.07) is 20.4. The van der Waals surface area contributed by atoms with E-state index in [1.165, 1.54) is 0 Å². The van der Waals surface area contributed by atoms with E-state index >= 15 is 0 Å². The van der Waals surface area contributed by atoms with Gasteiger partial charge in [0.15, 0.2) is 11.6 Å². The van der Waals surface area contributed by atoms with Crippen molar-refractivity contribution in [3.05, 3.63) is 111 Å². The van der Waals surface area contributed by atoms with Crippen LogP contribution in [0.2, 0.25) is 0 Å². The van der Waals surface area contributed by atoms with Crippen LogP contribution in [0.25, 0.3) is 11.4 Å². The Balaban J connectivity index is 1.64. The number of aryl methyl sites for hydroxylation is 1. The fourth-order valence-electron chi connectivity index (χ4n) is 5.70. The van der Waals surface area contributed by atoms with Crippen LogP contribution in [0.5, 0.6) is 0 Å². The highest BCUT2D eigenvalue weighted by Crippen LogP contribution is 2.59. The Morgan fingerprint density at radius 1 is 0.656 bits per heavy atom. The Bertz CT molecular complexity index is 1460. The molecule has 0 saturated heterocycles. The van der Waals surface area contributed by atoms with Crippen LogP contribution in [0, 0.1) is 6.92 Å². The van der Waals surface area contributed by atoms with Gasteiger partial charge >= 0.3 is 0 Å². The largest absolute Gasteiger partial charge is 0.354 e. The Hall–Kier alpha value is -4.25. The Kier molecular flexibility index (Phi) is 3.00. The van der Waals surface area contributed by atoms with Crippen LogP contribution in [-0.2, 0) is 10.2 Å². The lowest BCUT2D eigenvalue weighted by molar-refractivity contribution is -0.118. The van der Waals surface area contributed by atoms with Crippen LogP contribution in [-0.4, -0.2) is 17.5 Å². The van der Waals surface area contributed by atoms with Crippen LogP contribution in [0.3, 0.4) is 0 Å². The van der Waals surface area contributed by atoms with Gasteiger partial charge in [-0.2, -0.15) is 0 Å². The summed E-state index contributed by atoms with van der Waals surface area (Å²) in [7, 11) is 0. The smallest absolute Gasteiger partial charge is 0.244 e. The van der Waals surface area contributed by atoms with Crippen LogP contribution in [0.4, 0.5) is 5.69 Å². The average Bonchev–Trinajstić information content (AvgIpc) is 3.37. The number of fused-ring (bicyclic) bond motifs is 8. The molecule has 2 N–H and O–H groups in total. The van der Waals surface area contributed by atoms with Gasteiger partial charge in [-0.15, -0.1) is 0 Å². The summed E-state index contributed by atoms with van der Waals surface area (Å²) in [5, 5.41) is 6.37. The molecule has 0 radical (unpaired) electrons. The second-order valence-corrected chi connectivity index (χ2v) is 8.63. The number of hydrogen-bond acceptors (Lipinski definition) is 4. The van der Waals surface area contributed by atoms with Crippen molar-refractivity contribution in [1.82, 2.24) is 5.32 Å². The van der Waals surface area contributed by atoms with Gasteiger partial charge in [-0.05, 0) is 13.0 Å². The van der Waals surface area contributed by atoms with Gasteiger partial charge in [-0.1, -0.05) is 66.2 Å². The monoisotopic (exact) mass is 416 g/mol. The first kappa shape index (κ1) is 17.4. The van der Waals surface area contributed by atoms with Crippen molar-refractivity contribution in [2.45, 2.75) is 12.3 Å². The molecule has 3 aromatic rings. The molecule has 0 aromatic heterocycles. The lowest BCUT2D eigenvalue weighted by atomic mass is 9.65. The molecular formula is C27H16N2O3. The Morgan fingerprint density at radius 3 is 1.75 bits per heavy atom. The number of dihydropyridines is 1. The molecule has 2 aliphatic heterocycles. The SMILES string of the molecule is Cc1ccc2c(c1)C1(C(=O)N2)C2=C(NC3=C1C(=O)c1ccccc13)c1ccccc1C2=O. The number of rotatable bonds is 0. The third-order valence-electron chi connectivity index (χ3n) is 7.00. The van der Waals surface area contributed by atoms with E-state index < -0.39 is 5.41 Å². The molecular weight excluding hydrogens is 400 g/mol. The minimum absolute atomic E-state index is 0.220. The van der Waals surface area contributed by atoms with E-state index in [2.05, 4.69) is 10.6 Å². The first-order chi connectivity index (χ1) is 15.5. The van der Waals surface area contributed by atoms with Crippen molar-refractivity contribution in [2.75, 3.05) is 5.32 Å². The van der Waals surface area contributed by atoms with Gasteiger partial charge in [0.05, 0.1) is 11.4 Å². The number of hydrogen-bond donors (Lipinski definition) is 2. The number of amides is 1. The number of Topliss-reactive ketones (excluding diaryl/α,β-unsaturated/α-hetero) is 2. The van der Waals surface area contributed by atoms with Crippen molar-refractivity contribution in [2.24, 2.45) is 0 Å². The van der Waals surface area contributed by atoms with E-state index in [0.29, 0.717) is 44.9 Å². The first-order valence-electron chi connectivity index (χ1n) is 10.5. The molecule has 7 rings (SSSR count). The second kappa shape index (κ2) is 5.51. The molecule has 0 bridgehead atoms. The predicted octanol–water partition coefficient (Wildman–Crippen LogP) is 4.00. The van der Waals surface area contributed by atoms with E-state index in [-0.39, 0.29) is 17.5 Å². The van der Waals surface area contributed by atoms with E-state index in [4.69, 9.17) is 0 Å². The first-order valence-corrected chi connectivity index (χ1v) is 10.5. The number of nitrogens with one attached hydrogen (secondary N) is 2. The summed E-state index contributed by atoms with van der Waals surface area (Å²) in [5.41, 5.74) is 5.23. The van der Waals surface area contributed by atoms with Gasteiger partial charge in [0.1, 0.15) is 5.41 Å². The maximum Gasteiger partial charge on any atom is 0.244 e. The molecule has 4 aliphatic rings. The van der Waals surface area contributed by atoms with Crippen LogP contribution in [0.15, 0.2) is 77.9 Å².